The maximum Gasteiger partial charge on any atom is 0.243 e. The van der Waals surface area contributed by atoms with Gasteiger partial charge in [-0.15, -0.1) is 0 Å². The quantitative estimate of drug-likeness (QED) is 0.738. The Morgan fingerprint density at radius 2 is 1.66 bits per heavy atom. The second-order valence-corrected chi connectivity index (χ2v) is 9.75. The van der Waals surface area contributed by atoms with E-state index in [2.05, 4.69) is 5.32 Å². The summed E-state index contributed by atoms with van der Waals surface area (Å²) in [5.74, 6) is -0.275. The van der Waals surface area contributed by atoms with Gasteiger partial charge in [0.15, 0.2) is 0 Å². The minimum Gasteiger partial charge on any atom is -0.348 e. The van der Waals surface area contributed by atoms with Crippen molar-refractivity contribution in [2.75, 3.05) is 6.54 Å². The maximum atomic E-state index is 13.4. The van der Waals surface area contributed by atoms with Crippen LogP contribution in [0.4, 0.5) is 0 Å². The van der Waals surface area contributed by atoms with E-state index >= 15 is 0 Å². The number of nitrogens with one attached hydrogen (secondary N) is 1. The molecule has 6 heteroatoms. The summed E-state index contributed by atoms with van der Waals surface area (Å²) < 4.78 is 28.2. The number of hydrogen-bond donors (Lipinski definition) is 1. The van der Waals surface area contributed by atoms with Crippen molar-refractivity contribution in [2.45, 2.75) is 62.9 Å². The highest BCUT2D eigenvalue weighted by Gasteiger charge is 2.34. The minimum absolute atomic E-state index is 0.132. The predicted molar refractivity (Wildman–Crippen MR) is 115 cm³/mol. The standard InChI is InChI=1S/C23H30N2O3S/c1-18-13-15-22(16-14-18)29(27,28)25(21-11-7-4-8-12-21)17-23(26)24-19(2)20-9-5-3-6-10-20/h3,5-6,9-10,13-16,19,21H,4,7-8,11-12,17H2,1-2H3,(H,24,26)/t19-/m0/s1. The van der Waals surface area contributed by atoms with Gasteiger partial charge in [0.05, 0.1) is 17.5 Å². The molecule has 2 aromatic rings. The Morgan fingerprint density at radius 1 is 1.03 bits per heavy atom. The van der Waals surface area contributed by atoms with Gasteiger partial charge in [-0.3, -0.25) is 4.79 Å². The fourth-order valence-corrected chi connectivity index (χ4v) is 5.52. The van der Waals surface area contributed by atoms with Crippen molar-refractivity contribution >= 4 is 15.9 Å². The van der Waals surface area contributed by atoms with E-state index in [9.17, 15) is 13.2 Å². The third kappa shape index (κ3) is 5.46. The first-order valence-electron chi connectivity index (χ1n) is 10.3. The van der Waals surface area contributed by atoms with Gasteiger partial charge >= 0.3 is 0 Å². The van der Waals surface area contributed by atoms with Crippen LogP contribution >= 0.6 is 0 Å². The topological polar surface area (TPSA) is 66.5 Å². The zero-order valence-corrected chi connectivity index (χ0v) is 18.0. The van der Waals surface area contributed by atoms with Crippen LogP contribution in [-0.2, 0) is 14.8 Å². The number of carbonyl (C=O) groups is 1. The van der Waals surface area contributed by atoms with Crippen LogP contribution in [0.25, 0.3) is 0 Å². The number of rotatable bonds is 7. The van der Waals surface area contributed by atoms with Crippen molar-refractivity contribution in [2.24, 2.45) is 0 Å². The van der Waals surface area contributed by atoms with E-state index in [-0.39, 0.29) is 29.4 Å². The van der Waals surface area contributed by atoms with E-state index in [0.717, 1.165) is 43.2 Å². The molecule has 3 rings (SSSR count). The molecule has 156 valence electrons. The van der Waals surface area contributed by atoms with E-state index in [1.807, 2.05) is 44.2 Å². The molecule has 0 heterocycles. The summed E-state index contributed by atoms with van der Waals surface area (Å²) in [5.41, 5.74) is 1.99. The average Bonchev–Trinajstić information content (AvgIpc) is 2.73. The fourth-order valence-electron chi connectivity index (χ4n) is 3.88. The molecule has 1 aliphatic carbocycles. The number of aryl methyl sites for hydroxylation is 1. The summed E-state index contributed by atoms with van der Waals surface area (Å²) in [7, 11) is -3.74. The van der Waals surface area contributed by atoms with Crippen LogP contribution in [0, 0.1) is 6.92 Å². The zero-order chi connectivity index (χ0) is 20.9. The molecule has 1 atom stereocenters. The zero-order valence-electron chi connectivity index (χ0n) is 17.2. The molecular weight excluding hydrogens is 384 g/mol. The van der Waals surface area contributed by atoms with Gasteiger partial charge in [0.25, 0.3) is 0 Å². The minimum atomic E-state index is -3.74. The summed E-state index contributed by atoms with van der Waals surface area (Å²) in [4.78, 5) is 13.0. The molecule has 0 spiro atoms. The molecule has 0 radical (unpaired) electrons. The fraction of sp³-hybridized carbons (Fsp3) is 0.435. The maximum absolute atomic E-state index is 13.4. The van der Waals surface area contributed by atoms with Crippen molar-refractivity contribution in [1.82, 2.24) is 9.62 Å². The normalized spacial score (nSPS) is 16.5. The van der Waals surface area contributed by atoms with E-state index in [1.165, 1.54) is 4.31 Å². The smallest absolute Gasteiger partial charge is 0.243 e. The Balaban J connectivity index is 1.80. The molecule has 0 bridgehead atoms. The molecule has 0 aliphatic heterocycles. The Kier molecular flexibility index (Phi) is 7.09. The molecule has 1 N–H and O–H groups in total. The van der Waals surface area contributed by atoms with Crippen LogP contribution in [-0.4, -0.2) is 31.2 Å². The number of hydrogen-bond acceptors (Lipinski definition) is 3. The van der Waals surface area contributed by atoms with Gasteiger partial charge in [-0.05, 0) is 44.4 Å². The Bertz CT molecular complexity index is 905. The van der Waals surface area contributed by atoms with E-state index in [0.29, 0.717) is 0 Å². The van der Waals surface area contributed by atoms with Crippen molar-refractivity contribution in [3.8, 4) is 0 Å². The van der Waals surface area contributed by atoms with Crippen LogP contribution in [0.5, 0.6) is 0 Å². The van der Waals surface area contributed by atoms with Crippen molar-refractivity contribution in [3.63, 3.8) is 0 Å². The van der Waals surface area contributed by atoms with Gasteiger partial charge in [-0.1, -0.05) is 67.3 Å². The first kappa shape index (κ1) is 21.5. The second-order valence-electron chi connectivity index (χ2n) is 7.86. The van der Waals surface area contributed by atoms with Crippen LogP contribution in [0.2, 0.25) is 0 Å². The van der Waals surface area contributed by atoms with Crippen LogP contribution in [0.15, 0.2) is 59.5 Å². The Morgan fingerprint density at radius 3 is 2.28 bits per heavy atom. The molecule has 0 aromatic heterocycles. The number of benzene rings is 2. The summed E-state index contributed by atoms with van der Waals surface area (Å²) in [6.07, 6.45) is 4.70. The molecule has 29 heavy (non-hydrogen) atoms. The van der Waals surface area contributed by atoms with Crippen molar-refractivity contribution < 1.29 is 13.2 Å². The van der Waals surface area contributed by atoms with Crippen LogP contribution < -0.4 is 5.32 Å². The second kappa shape index (κ2) is 9.55. The summed E-state index contributed by atoms with van der Waals surface area (Å²) in [5, 5.41) is 2.95. The highest BCUT2D eigenvalue weighted by molar-refractivity contribution is 7.89. The third-order valence-corrected chi connectivity index (χ3v) is 7.50. The highest BCUT2D eigenvalue weighted by Crippen LogP contribution is 2.28. The molecule has 0 unspecified atom stereocenters. The molecule has 1 fully saturated rings. The van der Waals surface area contributed by atoms with E-state index < -0.39 is 10.0 Å². The molecule has 1 saturated carbocycles. The van der Waals surface area contributed by atoms with Gasteiger partial charge in [-0.25, -0.2) is 8.42 Å². The number of sulfonamides is 1. The van der Waals surface area contributed by atoms with Gasteiger partial charge in [0, 0.05) is 6.04 Å². The van der Waals surface area contributed by atoms with Gasteiger partial charge in [0.1, 0.15) is 0 Å². The van der Waals surface area contributed by atoms with Gasteiger partial charge in [0.2, 0.25) is 15.9 Å². The summed E-state index contributed by atoms with van der Waals surface area (Å²) in [6.45, 7) is 3.68. The summed E-state index contributed by atoms with van der Waals surface area (Å²) >= 11 is 0. The lowest BCUT2D eigenvalue weighted by Crippen LogP contribution is -2.47. The van der Waals surface area contributed by atoms with E-state index in [4.69, 9.17) is 0 Å². The van der Waals surface area contributed by atoms with Crippen LogP contribution in [0.1, 0.15) is 56.2 Å². The molecule has 1 amide bonds. The predicted octanol–water partition coefficient (Wildman–Crippen LogP) is 4.20. The number of amides is 1. The number of carbonyl (C=O) groups excluding carboxylic acids is 1. The molecular formula is C23H30N2O3S. The van der Waals surface area contributed by atoms with Gasteiger partial charge < -0.3 is 5.32 Å². The average molecular weight is 415 g/mol. The third-order valence-electron chi connectivity index (χ3n) is 5.59. The van der Waals surface area contributed by atoms with Crippen molar-refractivity contribution in [1.29, 1.82) is 0 Å². The Hall–Kier alpha value is -2.18. The first-order valence-corrected chi connectivity index (χ1v) is 11.7. The number of nitrogens with zero attached hydrogens (tertiary/aromatic N) is 1. The van der Waals surface area contributed by atoms with E-state index in [1.54, 1.807) is 24.3 Å². The molecule has 0 saturated heterocycles. The molecule has 5 nitrogen and oxygen atoms in total. The molecule has 2 aromatic carbocycles. The lowest BCUT2D eigenvalue weighted by Gasteiger charge is -2.33. The summed E-state index contributed by atoms with van der Waals surface area (Å²) in [6, 6.07) is 16.2. The van der Waals surface area contributed by atoms with Gasteiger partial charge in [-0.2, -0.15) is 4.31 Å². The Labute approximate surface area is 174 Å². The first-order chi connectivity index (χ1) is 13.9. The lowest BCUT2D eigenvalue weighted by atomic mass is 9.95. The lowest BCUT2D eigenvalue weighted by molar-refractivity contribution is -0.122. The van der Waals surface area contributed by atoms with Crippen molar-refractivity contribution in [3.05, 3.63) is 65.7 Å². The molecule has 1 aliphatic rings. The monoisotopic (exact) mass is 414 g/mol. The van der Waals surface area contributed by atoms with Crippen LogP contribution in [0.3, 0.4) is 0 Å². The highest BCUT2D eigenvalue weighted by atomic mass is 32.2. The largest absolute Gasteiger partial charge is 0.348 e. The SMILES string of the molecule is Cc1ccc(S(=O)(=O)N(CC(=O)N[C@@H](C)c2ccccc2)C2CCCCC2)cc1.